The zero-order valence-electron chi connectivity index (χ0n) is 18.1. The lowest BCUT2D eigenvalue weighted by atomic mass is 9.89. The second kappa shape index (κ2) is 9.65. The molecule has 1 N–H and O–H groups in total. The number of amides is 1. The molecule has 2 heterocycles. The summed E-state index contributed by atoms with van der Waals surface area (Å²) in [5.41, 5.74) is 4.06. The Morgan fingerprint density at radius 2 is 1.90 bits per heavy atom. The third kappa shape index (κ3) is 5.05. The highest BCUT2D eigenvalue weighted by atomic mass is 16.1. The van der Waals surface area contributed by atoms with Crippen LogP contribution in [-0.2, 0) is 17.6 Å². The van der Waals surface area contributed by atoms with E-state index in [4.69, 9.17) is 0 Å². The fourth-order valence-electron chi connectivity index (χ4n) is 4.32. The van der Waals surface area contributed by atoms with Gasteiger partial charge in [-0.25, -0.2) is 4.98 Å². The zero-order chi connectivity index (χ0) is 21.6. The van der Waals surface area contributed by atoms with Gasteiger partial charge in [-0.1, -0.05) is 24.3 Å². The van der Waals surface area contributed by atoms with Crippen molar-refractivity contribution in [3.05, 3.63) is 71.1 Å². The smallest absolute Gasteiger partial charge is 0.263 e. The van der Waals surface area contributed by atoms with E-state index in [1.807, 2.05) is 30.0 Å². The number of fused-ring (bicyclic) bond motifs is 1. The van der Waals surface area contributed by atoms with Crippen molar-refractivity contribution >= 4 is 11.7 Å². The Balaban J connectivity index is 1.36. The summed E-state index contributed by atoms with van der Waals surface area (Å²) in [6.45, 7) is 5.08. The molecule has 0 bridgehead atoms. The molecule has 1 amide bonds. The third-order valence-corrected chi connectivity index (χ3v) is 6.18. The summed E-state index contributed by atoms with van der Waals surface area (Å²) in [7, 11) is 0. The molecule has 1 aromatic carbocycles. The number of carbonyl (C=O) groups is 1. The van der Waals surface area contributed by atoms with Crippen molar-refractivity contribution in [3.63, 3.8) is 0 Å². The van der Waals surface area contributed by atoms with E-state index in [0.717, 1.165) is 50.4 Å². The lowest BCUT2D eigenvalue weighted by Gasteiger charge is -2.34. The van der Waals surface area contributed by atoms with E-state index in [2.05, 4.69) is 39.5 Å². The van der Waals surface area contributed by atoms with Gasteiger partial charge in [0.2, 0.25) is 0 Å². The van der Waals surface area contributed by atoms with Crippen LogP contribution >= 0.6 is 0 Å². The van der Waals surface area contributed by atoms with Crippen LogP contribution in [0.2, 0.25) is 0 Å². The molecule has 6 nitrogen and oxygen atoms in total. The number of pyridine rings is 1. The van der Waals surface area contributed by atoms with Gasteiger partial charge in [0, 0.05) is 38.6 Å². The van der Waals surface area contributed by atoms with Crippen molar-refractivity contribution in [2.24, 2.45) is 0 Å². The first kappa shape index (κ1) is 20.9. The molecule has 1 aliphatic carbocycles. The minimum Gasteiger partial charge on any atom is -0.373 e. The minimum atomic E-state index is -0.320. The van der Waals surface area contributed by atoms with Crippen LogP contribution in [0.25, 0.3) is 0 Å². The SMILES string of the molecule is CC(NC(=O)/C(C#N)=C\N1CCN(c2ccccn2)CC1)c1ccc2c(c1)CCCC2. The second-order valence-electron chi connectivity index (χ2n) is 8.30. The number of hydrogen-bond donors (Lipinski definition) is 1. The standard InChI is InChI=1S/C25H29N5O/c1-19(21-10-9-20-6-2-3-7-22(20)16-21)28-25(31)23(17-26)18-29-12-14-30(15-13-29)24-8-4-5-11-27-24/h4-5,8-11,16,18-19H,2-3,6-7,12-15H2,1H3,(H,28,31)/b23-18-. The second-order valence-corrected chi connectivity index (χ2v) is 8.30. The predicted molar refractivity (Wildman–Crippen MR) is 121 cm³/mol. The van der Waals surface area contributed by atoms with E-state index < -0.39 is 0 Å². The first-order valence-electron chi connectivity index (χ1n) is 11.1. The minimum absolute atomic E-state index is 0.141. The number of nitriles is 1. The van der Waals surface area contributed by atoms with E-state index in [1.165, 1.54) is 24.0 Å². The van der Waals surface area contributed by atoms with Crippen molar-refractivity contribution in [1.82, 2.24) is 15.2 Å². The molecule has 1 atom stereocenters. The number of aromatic nitrogens is 1. The Labute approximate surface area is 184 Å². The molecule has 4 rings (SSSR count). The van der Waals surface area contributed by atoms with Crippen LogP contribution in [0.3, 0.4) is 0 Å². The number of aryl methyl sites for hydroxylation is 2. The average molecular weight is 416 g/mol. The number of nitrogens with one attached hydrogen (secondary N) is 1. The third-order valence-electron chi connectivity index (χ3n) is 6.18. The van der Waals surface area contributed by atoms with Gasteiger partial charge in [-0.2, -0.15) is 5.26 Å². The van der Waals surface area contributed by atoms with Gasteiger partial charge in [0.1, 0.15) is 17.5 Å². The van der Waals surface area contributed by atoms with Gasteiger partial charge in [-0.15, -0.1) is 0 Å². The van der Waals surface area contributed by atoms with Gasteiger partial charge in [0.25, 0.3) is 5.91 Å². The molecule has 160 valence electrons. The van der Waals surface area contributed by atoms with Gasteiger partial charge in [0.15, 0.2) is 0 Å². The molecule has 0 radical (unpaired) electrons. The first-order valence-corrected chi connectivity index (χ1v) is 11.1. The van der Waals surface area contributed by atoms with E-state index in [9.17, 15) is 10.1 Å². The molecule has 6 heteroatoms. The summed E-state index contributed by atoms with van der Waals surface area (Å²) in [5, 5.41) is 12.6. The maximum absolute atomic E-state index is 12.8. The number of hydrogen-bond acceptors (Lipinski definition) is 5. The Bertz CT molecular complexity index is 987. The summed E-state index contributed by atoms with van der Waals surface area (Å²) < 4.78 is 0. The Morgan fingerprint density at radius 1 is 1.13 bits per heavy atom. The molecule has 1 fully saturated rings. The largest absolute Gasteiger partial charge is 0.373 e. The molecule has 1 aliphatic heterocycles. The lowest BCUT2D eigenvalue weighted by molar-refractivity contribution is -0.117. The number of nitrogens with zero attached hydrogens (tertiary/aromatic N) is 4. The van der Waals surface area contributed by atoms with Crippen molar-refractivity contribution < 1.29 is 4.79 Å². The average Bonchev–Trinajstić information content (AvgIpc) is 2.83. The van der Waals surface area contributed by atoms with Crippen molar-refractivity contribution in [2.45, 2.75) is 38.6 Å². The number of anilines is 1. The van der Waals surface area contributed by atoms with Gasteiger partial charge in [-0.3, -0.25) is 4.79 Å². The molecule has 1 unspecified atom stereocenters. The summed E-state index contributed by atoms with van der Waals surface area (Å²) in [4.78, 5) is 21.4. The molecular weight excluding hydrogens is 386 g/mol. The van der Waals surface area contributed by atoms with Crippen molar-refractivity contribution in [1.29, 1.82) is 5.26 Å². The van der Waals surface area contributed by atoms with Gasteiger partial charge in [-0.05, 0) is 61.4 Å². The van der Waals surface area contributed by atoms with E-state index in [1.54, 1.807) is 12.4 Å². The fourth-order valence-corrected chi connectivity index (χ4v) is 4.32. The number of rotatable bonds is 5. The monoisotopic (exact) mass is 415 g/mol. The van der Waals surface area contributed by atoms with Crippen LogP contribution in [0, 0.1) is 11.3 Å². The van der Waals surface area contributed by atoms with E-state index in [-0.39, 0.29) is 17.5 Å². The van der Waals surface area contributed by atoms with Crippen LogP contribution in [-0.4, -0.2) is 42.0 Å². The highest BCUT2D eigenvalue weighted by Gasteiger charge is 2.20. The first-order chi connectivity index (χ1) is 15.1. The summed E-state index contributed by atoms with van der Waals surface area (Å²) >= 11 is 0. The maximum atomic E-state index is 12.8. The van der Waals surface area contributed by atoms with Crippen LogP contribution in [0.1, 0.15) is 42.5 Å². The van der Waals surface area contributed by atoms with E-state index >= 15 is 0 Å². The molecule has 1 saturated heterocycles. The van der Waals surface area contributed by atoms with Gasteiger partial charge >= 0.3 is 0 Å². The molecule has 0 spiro atoms. The normalized spacial score (nSPS) is 17.5. The number of piperazine rings is 1. The van der Waals surface area contributed by atoms with Crippen LogP contribution in [0.15, 0.2) is 54.4 Å². The molecule has 1 aromatic heterocycles. The predicted octanol–water partition coefficient (Wildman–Crippen LogP) is 3.37. The number of carbonyl (C=O) groups excluding carboxylic acids is 1. The molecule has 0 saturated carbocycles. The van der Waals surface area contributed by atoms with E-state index in [0.29, 0.717) is 0 Å². The van der Waals surface area contributed by atoms with Crippen LogP contribution in [0.5, 0.6) is 0 Å². The molecular formula is C25H29N5O. The number of benzene rings is 1. The molecule has 2 aromatic rings. The van der Waals surface area contributed by atoms with Crippen molar-refractivity contribution in [3.8, 4) is 6.07 Å². The highest BCUT2D eigenvalue weighted by Crippen LogP contribution is 2.25. The lowest BCUT2D eigenvalue weighted by Crippen LogP contribution is -2.44. The molecule has 2 aliphatic rings. The van der Waals surface area contributed by atoms with Gasteiger partial charge in [0.05, 0.1) is 6.04 Å². The van der Waals surface area contributed by atoms with Gasteiger partial charge < -0.3 is 15.1 Å². The maximum Gasteiger partial charge on any atom is 0.263 e. The topological polar surface area (TPSA) is 72.3 Å². The molecule has 31 heavy (non-hydrogen) atoms. The summed E-state index contributed by atoms with van der Waals surface area (Å²) in [6, 6.07) is 14.3. The van der Waals surface area contributed by atoms with Crippen LogP contribution < -0.4 is 10.2 Å². The Kier molecular flexibility index (Phi) is 6.51. The zero-order valence-corrected chi connectivity index (χ0v) is 18.1. The Morgan fingerprint density at radius 3 is 2.61 bits per heavy atom. The van der Waals surface area contributed by atoms with Crippen LogP contribution in [0.4, 0.5) is 5.82 Å². The van der Waals surface area contributed by atoms with Crippen molar-refractivity contribution in [2.75, 3.05) is 31.1 Å². The highest BCUT2D eigenvalue weighted by molar-refractivity contribution is 5.97. The summed E-state index contributed by atoms with van der Waals surface area (Å²) in [6.07, 6.45) is 8.23. The summed E-state index contributed by atoms with van der Waals surface area (Å²) in [5.74, 6) is 0.642. The Hall–Kier alpha value is -3.33. The quantitative estimate of drug-likeness (QED) is 0.599. The fraction of sp³-hybridized carbons (Fsp3) is 0.400.